The van der Waals surface area contributed by atoms with Crippen LogP contribution in [0.5, 0.6) is 0 Å². The second-order valence-corrected chi connectivity index (χ2v) is 6.18. The van der Waals surface area contributed by atoms with Crippen molar-refractivity contribution in [3.63, 3.8) is 0 Å². The fourth-order valence-corrected chi connectivity index (χ4v) is 2.99. The summed E-state index contributed by atoms with van der Waals surface area (Å²) in [6.45, 7) is 0.173. The van der Waals surface area contributed by atoms with E-state index in [9.17, 15) is 4.79 Å². The Hall–Kier alpha value is -0.0400. The van der Waals surface area contributed by atoms with Crippen molar-refractivity contribution in [1.82, 2.24) is 0 Å². The zero-order valence-corrected chi connectivity index (χ0v) is 13.1. The number of thioether (sulfide) groups is 1. The van der Waals surface area contributed by atoms with Crippen LogP contribution >= 0.6 is 43.6 Å². The predicted octanol–water partition coefficient (Wildman–Crippen LogP) is 3.27. The van der Waals surface area contributed by atoms with Gasteiger partial charge in [0.05, 0.1) is 11.4 Å². The molecule has 1 amide bonds. The summed E-state index contributed by atoms with van der Waals surface area (Å²) >= 11 is 8.25. The van der Waals surface area contributed by atoms with Crippen LogP contribution in [0.4, 0.5) is 5.69 Å². The molecule has 0 bridgehead atoms. The summed E-state index contributed by atoms with van der Waals surface area (Å²) in [6, 6.07) is 5.60. The molecule has 0 saturated heterocycles. The molecule has 1 aromatic rings. The number of amides is 1. The first kappa shape index (κ1) is 15.0. The van der Waals surface area contributed by atoms with Crippen molar-refractivity contribution in [3.8, 4) is 0 Å². The average Bonchev–Trinajstić information content (AvgIpc) is 2.28. The lowest BCUT2D eigenvalue weighted by atomic mass is 10.3. The molecule has 0 spiro atoms. The summed E-state index contributed by atoms with van der Waals surface area (Å²) in [5.74, 6) is 1.17. The van der Waals surface area contributed by atoms with E-state index in [1.165, 1.54) is 11.8 Å². The first-order valence-electron chi connectivity index (χ1n) is 5.07. The number of hydrogen-bond donors (Lipinski definition) is 2. The number of anilines is 1. The van der Waals surface area contributed by atoms with Crippen molar-refractivity contribution in [2.24, 2.45) is 0 Å². The third-order valence-electron chi connectivity index (χ3n) is 1.89. The number of benzene rings is 1. The van der Waals surface area contributed by atoms with E-state index < -0.39 is 0 Å². The standard InChI is InChI=1S/C11H13Br2NO2S/c12-8-2-3-10(9(13)6-8)14-11(16)7-17-5-1-4-15/h2-3,6,15H,1,4-5,7H2,(H,14,16). The molecule has 1 aromatic carbocycles. The minimum atomic E-state index is -0.0315. The van der Waals surface area contributed by atoms with Crippen molar-refractivity contribution in [2.75, 3.05) is 23.4 Å². The molecule has 1 rings (SSSR count). The Bertz CT molecular complexity index is 388. The molecule has 0 unspecified atom stereocenters. The molecule has 0 heterocycles. The fourth-order valence-electron chi connectivity index (χ4n) is 1.11. The van der Waals surface area contributed by atoms with Crippen molar-refractivity contribution in [1.29, 1.82) is 0 Å². The van der Waals surface area contributed by atoms with Gasteiger partial charge in [-0.2, -0.15) is 11.8 Å². The number of aliphatic hydroxyl groups excluding tert-OH is 1. The van der Waals surface area contributed by atoms with Gasteiger partial charge in [-0.05, 0) is 46.3 Å². The Labute approximate surface area is 122 Å². The van der Waals surface area contributed by atoms with Crippen LogP contribution in [0, 0.1) is 0 Å². The fraction of sp³-hybridized carbons (Fsp3) is 0.364. The second-order valence-electron chi connectivity index (χ2n) is 3.30. The van der Waals surface area contributed by atoms with Crippen molar-refractivity contribution in [2.45, 2.75) is 6.42 Å². The summed E-state index contributed by atoms with van der Waals surface area (Å²) < 4.78 is 1.81. The highest BCUT2D eigenvalue weighted by molar-refractivity contribution is 9.11. The van der Waals surface area contributed by atoms with Crippen LogP contribution in [0.15, 0.2) is 27.1 Å². The molecule has 3 nitrogen and oxygen atoms in total. The summed E-state index contributed by atoms with van der Waals surface area (Å²) in [5.41, 5.74) is 0.765. The first-order chi connectivity index (χ1) is 8.13. The van der Waals surface area contributed by atoms with Crippen molar-refractivity contribution in [3.05, 3.63) is 27.1 Å². The molecule has 0 aliphatic carbocycles. The number of nitrogens with one attached hydrogen (secondary N) is 1. The highest BCUT2D eigenvalue weighted by Crippen LogP contribution is 2.26. The lowest BCUT2D eigenvalue weighted by Gasteiger charge is -2.07. The van der Waals surface area contributed by atoms with Crippen LogP contribution in [0.3, 0.4) is 0 Å². The first-order valence-corrected chi connectivity index (χ1v) is 7.81. The Morgan fingerprint density at radius 3 is 2.82 bits per heavy atom. The molecule has 6 heteroatoms. The van der Waals surface area contributed by atoms with Gasteiger partial charge in [0.2, 0.25) is 5.91 Å². The van der Waals surface area contributed by atoms with Gasteiger partial charge < -0.3 is 10.4 Å². The van der Waals surface area contributed by atoms with E-state index >= 15 is 0 Å². The topological polar surface area (TPSA) is 49.3 Å². The average molecular weight is 383 g/mol. The Morgan fingerprint density at radius 1 is 1.41 bits per heavy atom. The SMILES string of the molecule is O=C(CSCCCO)Nc1ccc(Br)cc1Br. The molecule has 0 aliphatic rings. The summed E-state index contributed by atoms with van der Waals surface area (Å²) in [7, 11) is 0. The van der Waals surface area contributed by atoms with E-state index in [2.05, 4.69) is 37.2 Å². The van der Waals surface area contributed by atoms with Gasteiger partial charge in [0.15, 0.2) is 0 Å². The van der Waals surface area contributed by atoms with E-state index in [4.69, 9.17) is 5.11 Å². The molecule has 0 radical (unpaired) electrons. The maximum Gasteiger partial charge on any atom is 0.234 e. The maximum atomic E-state index is 11.6. The molecule has 0 aliphatic heterocycles. The predicted molar refractivity (Wildman–Crippen MR) is 79.5 cm³/mol. The summed E-state index contributed by atoms with van der Waals surface area (Å²) in [4.78, 5) is 11.6. The van der Waals surface area contributed by atoms with Crippen LogP contribution in [0.2, 0.25) is 0 Å². The van der Waals surface area contributed by atoms with Crippen LogP contribution in [-0.2, 0) is 4.79 Å². The number of hydrogen-bond acceptors (Lipinski definition) is 3. The van der Waals surface area contributed by atoms with Gasteiger partial charge in [-0.25, -0.2) is 0 Å². The highest BCUT2D eigenvalue weighted by atomic mass is 79.9. The minimum Gasteiger partial charge on any atom is -0.396 e. The van der Waals surface area contributed by atoms with Crippen molar-refractivity contribution < 1.29 is 9.90 Å². The normalized spacial score (nSPS) is 10.3. The molecule has 94 valence electrons. The summed E-state index contributed by atoms with van der Waals surface area (Å²) in [5, 5.41) is 11.4. The summed E-state index contributed by atoms with van der Waals surface area (Å²) in [6.07, 6.45) is 0.722. The second kappa shape index (κ2) is 8.13. The van der Waals surface area contributed by atoms with Gasteiger partial charge in [-0.15, -0.1) is 0 Å². The Kier molecular flexibility index (Phi) is 7.18. The third-order valence-corrected chi connectivity index (χ3v) is 4.08. The highest BCUT2D eigenvalue weighted by Gasteiger charge is 2.05. The molecule has 0 atom stereocenters. The molecule has 17 heavy (non-hydrogen) atoms. The van der Waals surface area contributed by atoms with Gasteiger partial charge in [0.25, 0.3) is 0 Å². The van der Waals surface area contributed by atoms with Gasteiger partial charge in [-0.1, -0.05) is 15.9 Å². The zero-order chi connectivity index (χ0) is 12.7. The van der Waals surface area contributed by atoms with Crippen molar-refractivity contribution >= 4 is 55.2 Å². The zero-order valence-electron chi connectivity index (χ0n) is 9.08. The van der Waals surface area contributed by atoms with Crippen LogP contribution in [0.25, 0.3) is 0 Å². The molecule has 0 aromatic heterocycles. The van der Waals surface area contributed by atoms with Gasteiger partial charge in [0, 0.05) is 15.6 Å². The molecule has 0 fully saturated rings. The smallest absolute Gasteiger partial charge is 0.234 e. The quantitative estimate of drug-likeness (QED) is 0.742. The molecule has 0 saturated carbocycles. The molecular formula is C11H13Br2NO2S. The largest absolute Gasteiger partial charge is 0.396 e. The Morgan fingerprint density at radius 2 is 2.18 bits per heavy atom. The Balaban J connectivity index is 2.40. The van der Waals surface area contributed by atoms with Gasteiger partial charge in [0.1, 0.15) is 0 Å². The number of rotatable bonds is 6. The monoisotopic (exact) mass is 381 g/mol. The number of halogens is 2. The van der Waals surface area contributed by atoms with Crippen LogP contribution in [0.1, 0.15) is 6.42 Å². The minimum absolute atomic E-state index is 0.0315. The maximum absolute atomic E-state index is 11.6. The van der Waals surface area contributed by atoms with E-state index in [0.717, 1.165) is 26.8 Å². The third kappa shape index (κ3) is 5.90. The molecular weight excluding hydrogens is 370 g/mol. The van der Waals surface area contributed by atoms with E-state index in [1.807, 2.05) is 18.2 Å². The number of carbonyl (C=O) groups excluding carboxylic acids is 1. The van der Waals surface area contributed by atoms with E-state index in [-0.39, 0.29) is 12.5 Å². The van der Waals surface area contributed by atoms with Gasteiger partial charge >= 0.3 is 0 Å². The number of carbonyl (C=O) groups is 1. The lowest BCUT2D eigenvalue weighted by Crippen LogP contribution is -2.14. The lowest BCUT2D eigenvalue weighted by molar-refractivity contribution is -0.113. The van der Waals surface area contributed by atoms with E-state index in [1.54, 1.807) is 0 Å². The number of aliphatic hydroxyl groups is 1. The molecule has 2 N–H and O–H groups in total. The van der Waals surface area contributed by atoms with Crippen LogP contribution in [-0.4, -0.2) is 29.1 Å². The van der Waals surface area contributed by atoms with Crippen LogP contribution < -0.4 is 5.32 Å². The van der Waals surface area contributed by atoms with E-state index in [0.29, 0.717) is 5.75 Å². The van der Waals surface area contributed by atoms with Gasteiger partial charge in [-0.3, -0.25) is 4.79 Å².